The number of halogens is 1. The summed E-state index contributed by atoms with van der Waals surface area (Å²) in [5.41, 5.74) is 9.40. The highest BCUT2D eigenvalue weighted by atomic mass is 35.5. The molecule has 1 aromatic heterocycles. The van der Waals surface area contributed by atoms with E-state index in [0.29, 0.717) is 5.02 Å². The van der Waals surface area contributed by atoms with Crippen molar-refractivity contribution in [1.82, 2.24) is 10.4 Å². The van der Waals surface area contributed by atoms with Gasteiger partial charge in [-0.25, -0.2) is 0 Å². The molecule has 0 fully saturated rings. The van der Waals surface area contributed by atoms with Crippen LogP contribution in [0.4, 0.5) is 0 Å². The summed E-state index contributed by atoms with van der Waals surface area (Å²) in [4.78, 5) is 4.22. The molecule has 0 saturated heterocycles. The fraction of sp³-hybridized carbons (Fsp3) is 0. The number of hydrazone groups is 1. The molecule has 0 spiro atoms. The van der Waals surface area contributed by atoms with Crippen LogP contribution >= 0.6 is 23.8 Å². The molecule has 2 rings (SSSR count). The molecule has 0 radical (unpaired) electrons. The summed E-state index contributed by atoms with van der Waals surface area (Å²) in [5.74, 6) is 0. The molecule has 0 atom stereocenters. The van der Waals surface area contributed by atoms with Crippen LogP contribution in [0.5, 0.6) is 0 Å². The summed E-state index contributed by atoms with van der Waals surface area (Å²) in [6.45, 7) is 0. The molecular formula is C11H9ClN4S. The first-order chi connectivity index (χ1) is 8.18. The number of nitrogens with zero attached hydrogens (tertiary/aromatic N) is 2. The Labute approximate surface area is 108 Å². The second-order valence-electron chi connectivity index (χ2n) is 3.27. The molecule has 0 amide bonds. The lowest BCUT2D eigenvalue weighted by atomic mass is 10.1. The lowest BCUT2D eigenvalue weighted by molar-refractivity contribution is 1.04. The van der Waals surface area contributed by atoms with Crippen LogP contribution in [0, 0.1) is 0 Å². The number of fused-ring (bicyclic) bond motifs is 1. The zero-order valence-corrected chi connectivity index (χ0v) is 10.3. The van der Waals surface area contributed by atoms with Gasteiger partial charge in [-0.1, -0.05) is 23.7 Å². The van der Waals surface area contributed by atoms with Gasteiger partial charge in [0, 0.05) is 17.1 Å². The van der Waals surface area contributed by atoms with Gasteiger partial charge in [-0.15, -0.1) is 0 Å². The maximum absolute atomic E-state index is 6.05. The molecule has 1 aromatic carbocycles. The highest BCUT2D eigenvalue weighted by molar-refractivity contribution is 7.80. The second-order valence-corrected chi connectivity index (χ2v) is 4.12. The smallest absolute Gasteiger partial charge is 0.184 e. The maximum atomic E-state index is 6.05. The number of para-hydroxylation sites is 1. The summed E-state index contributed by atoms with van der Waals surface area (Å²) in [7, 11) is 0. The molecule has 0 saturated carbocycles. The molecule has 0 aliphatic carbocycles. The summed E-state index contributed by atoms with van der Waals surface area (Å²) in [5, 5.41) is 5.57. The predicted octanol–water partition coefficient (Wildman–Crippen LogP) is 2.06. The van der Waals surface area contributed by atoms with Gasteiger partial charge in [-0.05, 0) is 24.4 Å². The van der Waals surface area contributed by atoms with Crippen LogP contribution in [-0.4, -0.2) is 16.3 Å². The van der Waals surface area contributed by atoms with Gasteiger partial charge in [-0.2, -0.15) is 5.10 Å². The first-order valence-corrected chi connectivity index (χ1v) is 5.59. The SMILES string of the molecule is NC(=S)N/N=C\c1ccnc2c(Cl)cccc12. The Kier molecular flexibility index (Phi) is 3.51. The predicted molar refractivity (Wildman–Crippen MR) is 74.3 cm³/mol. The third-order valence-corrected chi connectivity index (χ3v) is 2.53. The quantitative estimate of drug-likeness (QED) is 0.495. The van der Waals surface area contributed by atoms with Gasteiger partial charge in [0.25, 0.3) is 0 Å². The first-order valence-electron chi connectivity index (χ1n) is 4.80. The highest BCUT2D eigenvalue weighted by Crippen LogP contribution is 2.22. The molecule has 4 nitrogen and oxygen atoms in total. The minimum absolute atomic E-state index is 0.123. The molecule has 86 valence electrons. The van der Waals surface area contributed by atoms with Crippen molar-refractivity contribution in [2.24, 2.45) is 10.8 Å². The molecular weight excluding hydrogens is 256 g/mol. The van der Waals surface area contributed by atoms with Crippen LogP contribution in [0.3, 0.4) is 0 Å². The third kappa shape index (κ3) is 2.69. The molecule has 0 aliphatic rings. The van der Waals surface area contributed by atoms with Crippen molar-refractivity contribution in [1.29, 1.82) is 0 Å². The van der Waals surface area contributed by atoms with E-state index < -0.39 is 0 Å². The van der Waals surface area contributed by atoms with E-state index in [1.54, 1.807) is 18.5 Å². The van der Waals surface area contributed by atoms with Crippen molar-refractivity contribution in [3.05, 3.63) is 41.0 Å². The second kappa shape index (κ2) is 5.07. The van der Waals surface area contributed by atoms with Crippen molar-refractivity contribution >= 4 is 46.0 Å². The lowest BCUT2D eigenvalue weighted by Crippen LogP contribution is -2.24. The fourth-order valence-corrected chi connectivity index (χ4v) is 1.72. The van der Waals surface area contributed by atoms with Gasteiger partial charge in [0.2, 0.25) is 0 Å². The number of hydrogen-bond acceptors (Lipinski definition) is 3. The zero-order valence-electron chi connectivity index (χ0n) is 8.72. The number of aromatic nitrogens is 1. The topological polar surface area (TPSA) is 63.3 Å². The number of benzene rings is 1. The minimum Gasteiger partial charge on any atom is -0.375 e. The molecule has 17 heavy (non-hydrogen) atoms. The van der Waals surface area contributed by atoms with E-state index in [4.69, 9.17) is 17.3 Å². The number of rotatable bonds is 2. The highest BCUT2D eigenvalue weighted by Gasteiger charge is 2.02. The Morgan fingerprint density at radius 2 is 2.29 bits per heavy atom. The van der Waals surface area contributed by atoms with Crippen LogP contribution in [-0.2, 0) is 0 Å². The Hall–Kier alpha value is -1.72. The zero-order chi connectivity index (χ0) is 12.3. The Balaban J connectivity index is 2.44. The van der Waals surface area contributed by atoms with Crippen LogP contribution in [0.2, 0.25) is 5.02 Å². The van der Waals surface area contributed by atoms with Gasteiger partial charge in [0.15, 0.2) is 5.11 Å². The fourth-order valence-electron chi connectivity index (χ4n) is 1.44. The van der Waals surface area contributed by atoms with Crippen molar-refractivity contribution in [3.63, 3.8) is 0 Å². The van der Waals surface area contributed by atoms with Crippen molar-refractivity contribution < 1.29 is 0 Å². The van der Waals surface area contributed by atoms with Crippen molar-refractivity contribution in [3.8, 4) is 0 Å². The normalized spacial score (nSPS) is 10.9. The third-order valence-electron chi connectivity index (χ3n) is 2.13. The van der Waals surface area contributed by atoms with E-state index in [1.807, 2.05) is 18.2 Å². The molecule has 6 heteroatoms. The monoisotopic (exact) mass is 264 g/mol. The number of nitrogens with two attached hydrogens (primary N) is 1. The van der Waals surface area contributed by atoms with Crippen LogP contribution < -0.4 is 11.2 Å². The summed E-state index contributed by atoms with van der Waals surface area (Å²) in [6, 6.07) is 7.43. The Morgan fingerprint density at radius 1 is 1.47 bits per heavy atom. The van der Waals surface area contributed by atoms with E-state index in [0.717, 1.165) is 16.5 Å². The summed E-state index contributed by atoms with van der Waals surface area (Å²) < 4.78 is 0. The van der Waals surface area contributed by atoms with Crippen LogP contribution in [0.15, 0.2) is 35.6 Å². The van der Waals surface area contributed by atoms with Gasteiger partial charge in [-0.3, -0.25) is 10.4 Å². The van der Waals surface area contributed by atoms with Crippen LogP contribution in [0.25, 0.3) is 10.9 Å². The molecule has 0 aliphatic heterocycles. The molecule has 2 aromatic rings. The largest absolute Gasteiger partial charge is 0.375 e. The van der Waals surface area contributed by atoms with E-state index >= 15 is 0 Å². The average molecular weight is 265 g/mol. The van der Waals surface area contributed by atoms with E-state index in [1.165, 1.54) is 0 Å². The Bertz CT molecular complexity index is 597. The lowest BCUT2D eigenvalue weighted by Gasteiger charge is -2.02. The molecule has 0 bridgehead atoms. The van der Waals surface area contributed by atoms with Gasteiger partial charge in [0.1, 0.15) is 0 Å². The number of pyridine rings is 1. The van der Waals surface area contributed by atoms with Crippen molar-refractivity contribution in [2.45, 2.75) is 0 Å². The van der Waals surface area contributed by atoms with E-state index in [-0.39, 0.29) is 5.11 Å². The van der Waals surface area contributed by atoms with Crippen molar-refractivity contribution in [2.75, 3.05) is 0 Å². The van der Waals surface area contributed by atoms with Crippen LogP contribution in [0.1, 0.15) is 5.56 Å². The van der Waals surface area contributed by atoms with Gasteiger partial charge >= 0.3 is 0 Å². The average Bonchev–Trinajstić information content (AvgIpc) is 2.30. The van der Waals surface area contributed by atoms with E-state index in [9.17, 15) is 0 Å². The number of nitrogens with one attached hydrogen (secondary N) is 1. The first kappa shape index (κ1) is 11.8. The standard InChI is InChI=1S/C11H9ClN4S/c12-9-3-1-2-8-7(4-5-14-10(8)9)6-15-16-11(13)17/h1-6H,(H3,13,16,17)/b15-6-. The van der Waals surface area contributed by atoms with E-state index in [2.05, 4.69) is 27.7 Å². The summed E-state index contributed by atoms with van der Waals surface area (Å²) >= 11 is 10.7. The Morgan fingerprint density at radius 3 is 3.06 bits per heavy atom. The maximum Gasteiger partial charge on any atom is 0.184 e. The number of thiocarbonyl (C=S) groups is 1. The molecule has 0 unspecified atom stereocenters. The van der Waals surface area contributed by atoms with Gasteiger partial charge in [0.05, 0.1) is 16.8 Å². The minimum atomic E-state index is 0.123. The molecule has 1 heterocycles. The number of hydrogen-bond donors (Lipinski definition) is 2. The van der Waals surface area contributed by atoms with Gasteiger partial charge < -0.3 is 5.73 Å². The molecule has 3 N–H and O–H groups in total. The summed E-state index contributed by atoms with van der Waals surface area (Å²) in [6.07, 6.45) is 3.30.